The van der Waals surface area contributed by atoms with Crippen LogP contribution in [0.15, 0.2) is 0 Å². The van der Waals surface area contributed by atoms with E-state index in [1.165, 1.54) is 32.1 Å². The second-order valence-electron chi connectivity index (χ2n) is 6.57. The molecule has 2 saturated carbocycles. The lowest BCUT2D eigenvalue weighted by molar-refractivity contribution is -0.151. The van der Waals surface area contributed by atoms with Crippen LogP contribution in [0.5, 0.6) is 0 Å². The predicted molar refractivity (Wildman–Crippen MR) is 85.3 cm³/mol. The lowest BCUT2D eigenvalue weighted by atomic mass is 9.92. The molecule has 21 heavy (non-hydrogen) atoms. The van der Waals surface area contributed by atoms with E-state index in [9.17, 15) is 4.79 Å². The number of nitrogens with zero attached hydrogens (tertiary/aromatic N) is 1. The van der Waals surface area contributed by atoms with E-state index in [2.05, 4.69) is 17.1 Å². The molecule has 0 amide bonds. The van der Waals surface area contributed by atoms with Gasteiger partial charge in [-0.2, -0.15) is 0 Å². The van der Waals surface area contributed by atoms with Crippen LogP contribution in [0, 0.1) is 0 Å². The lowest BCUT2D eigenvalue weighted by Crippen LogP contribution is -2.51. The SMILES string of the molecule is CCOC(=O)C1(NC)CCC(N(CC)C2CCCCC2)C1. The van der Waals surface area contributed by atoms with Crippen molar-refractivity contribution in [2.75, 3.05) is 20.2 Å². The van der Waals surface area contributed by atoms with E-state index in [-0.39, 0.29) is 5.97 Å². The van der Waals surface area contributed by atoms with Crippen LogP contribution in [-0.4, -0.2) is 48.7 Å². The Labute approximate surface area is 129 Å². The van der Waals surface area contributed by atoms with Crippen molar-refractivity contribution in [2.45, 2.75) is 82.8 Å². The number of esters is 1. The van der Waals surface area contributed by atoms with Gasteiger partial charge in [0.15, 0.2) is 0 Å². The first-order valence-corrected chi connectivity index (χ1v) is 8.78. The molecule has 0 aromatic rings. The Morgan fingerprint density at radius 1 is 1.19 bits per heavy atom. The fourth-order valence-corrected chi connectivity index (χ4v) is 4.31. The van der Waals surface area contributed by atoms with E-state index in [0.717, 1.165) is 31.8 Å². The zero-order valence-corrected chi connectivity index (χ0v) is 14.0. The number of rotatable bonds is 6. The summed E-state index contributed by atoms with van der Waals surface area (Å²) in [7, 11) is 1.90. The third kappa shape index (κ3) is 3.59. The molecule has 0 radical (unpaired) electrons. The Morgan fingerprint density at radius 2 is 1.90 bits per heavy atom. The van der Waals surface area contributed by atoms with Crippen LogP contribution in [0.1, 0.15) is 65.2 Å². The molecule has 4 nitrogen and oxygen atoms in total. The summed E-state index contributed by atoms with van der Waals surface area (Å²) in [4.78, 5) is 15.0. The zero-order chi connectivity index (χ0) is 15.3. The van der Waals surface area contributed by atoms with Crippen molar-refractivity contribution in [3.05, 3.63) is 0 Å². The van der Waals surface area contributed by atoms with Crippen LogP contribution in [0.25, 0.3) is 0 Å². The van der Waals surface area contributed by atoms with Crippen LogP contribution in [0.4, 0.5) is 0 Å². The summed E-state index contributed by atoms with van der Waals surface area (Å²) in [6, 6.07) is 1.25. The van der Waals surface area contributed by atoms with Gasteiger partial charge in [0, 0.05) is 12.1 Å². The summed E-state index contributed by atoms with van der Waals surface area (Å²) >= 11 is 0. The Hall–Kier alpha value is -0.610. The second-order valence-corrected chi connectivity index (χ2v) is 6.57. The van der Waals surface area contributed by atoms with Gasteiger partial charge in [0.2, 0.25) is 0 Å². The van der Waals surface area contributed by atoms with Gasteiger partial charge in [0.25, 0.3) is 0 Å². The predicted octanol–water partition coefficient (Wildman–Crippen LogP) is 2.71. The van der Waals surface area contributed by atoms with Crippen molar-refractivity contribution < 1.29 is 9.53 Å². The van der Waals surface area contributed by atoms with E-state index >= 15 is 0 Å². The monoisotopic (exact) mass is 296 g/mol. The summed E-state index contributed by atoms with van der Waals surface area (Å²) in [5, 5.41) is 3.27. The molecule has 0 saturated heterocycles. The summed E-state index contributed by atoms with van der Waals surface area (Å²) in [6.07, 6.45) is 9.67. The highest BCUT2D eigenvalue weighted by Crippen LogP contribution is 2.36. The molecular formula is C17H32N2O2. The molecule has 0 spiro atoms. The molecule has 2 unspecified atom stereocenters. The smallest absolute Gasteiger partial charge is 0.326 e. The Balaban J connectivity index is 2.02. The molecule has 2 fully saturated rings. The van der Waals surface area contributed by atoms with Crippen LogP contribution in [0.2, 0.25) is 0 Å². The Morgan fingerprint density at radius 3 is 2.48 bits per heavy atom. The van der Waals surface area contributed by atoms with Gasteiger partial charge in [0.1, 0.15) is 5.54 Å². The number of ether oxygens (including phenoxy) is 1. The van der Waals surface area contributed by atoms with E-state index < -0.39 is 5.54 Å². The number of carbonyl (C=O) groups is 1. The minimum absolute atomic E-state index is 0.0605. The lowest BCUT2D eigenvalue weighted by Gasteiger charge is -2.38. The summed E-state index contributed by atoms with van der Waals surface area (Å²) in [5.41, 5.74) is -0.456. The largest absolute Gasteiger partial charge is 0.465 e. The van der Waals surface area contributed by atoms with Crippen LogP contribution in [0.3, 0.4) is 0 Å². The average molecular weight is 296 g/mol. The molecule has 2 aliphatic carbocycles. The van der Waals surface area contributed by atoms with E-state index in [1.54, 1.807) is 0 Å². The molecule has 0 aromatic heterocycles. The summed E-state index contributed by atoms with van der Waals surface area (Å²) in [5.74, 6) is -0.0605. The Kier molecular flexibility index (Phi) is 6.06. The van der Waals surface area contributed by atoms with Crippen molar-refractivity contribution in [1.29, 1.82) is 0 Å². The fraction of sp³-hybridized carbons (Fsp3) is 0.941. The molecule has 122 valence electrons. The molecular weight excluding hydrogens is 264 g/mol. The van der Waals surface area contributed by atoms with Gasteiger partial charge in [-0.15, -0.1) is 0 Å². The highest BCUT2D eigenvalue weighted by Gasteiger charge is 2.47. The maximum absolute atomic E-state index is 12.3. The minimum Gasteiger partial charge on any atom is -0.465 e. The van der Waals surface area contributed by atoms with Gasteiger partial charge in [-0.25, -0.2) is 0 Å². The summed E-state index contributed by atoms with van der Waals surface area (Å²) < 4.78 is 5.31. The minimum atomic E-state index is -0.456. The maximum atomic E-state index is 12.3. The number of hydrogen-bond acceptors (Lipinski definition) is 4. The number of likely N-dealkylation sites (N-methyl/N-ethyl adjacent to an activating group) is 1. The standard InChI is InChI=1S/C17H32N2O2/c1-4-19(14-9-7-6-8-10-14)15-11-12-17(13-15,18-3)16(20)21-5-2/h14-15,18H,4-13H2,1-3H3. The average Bonchev–Trinajstić information content (AvgIpc) is 2.95. The molecule has 0 bridgehead atoms. The molecule has 2 rings (SSSR count). The Bertz CT molecular complexity index is 342. The molecule has 1 N–H and O–H groups in total. The van der Waals surface area contributed by atoms with E-state index in [4.69, 9.17) is 4.74 Å². The fourth-order valence-electron chi connectivity index (χ4n) is 4.31. The molecule has 4 heteroatoms. The van der Waals surface area contributed by atoms with Crippen molar-refractivity contribution in [2.24, 2.45) is 0 Å². The van der Waals surface area contributed by atoms with Crippen molar-refractivity contribution in [1.82, 2.24) is 10.2 Å². The molecule has 2 atom stereocenters. The number of hydrogen-bond donors (Lipinski definition) is 1. The van der Waals surface area contributed by atoms with Gasteiger partial charge >= 0.3 is 5.97 Å². The van der Waals surface area contributed by atoms with Crippen molar-refractivity contribution >= 4 is 5.97 Å². The highest BCUT2D eigenvalue weighted by molar-refractivity contribution is 5.81. The first-order chi connectivity index (χ1) is 10.2. The number of nitrogens with one attached hydrogen (secondary N) is 1. The maximum Gasteiger partial charge on any atom is 0.326 e. The molecule has 2 aliphatic rings. The van der Waals surface area contributed by atoms with Gasteiger partial charge in [-0.3, -0.25) is 9.69 Å². The number of carbonyl (C=O) groups excluding carboxylic acids is 1. The van der Waals surface area contributed by atoms with Crippen LogP contribution >= 0.6 is 0 Å². The normalized spacial score (nSPS) is 30.8. The third-order valence-corrected chi connectivity index (χ3v) is 5.51. The molecule has 0 heterocycles. The zero-order valence-electron chi connectivity index (χ0n) is 14.0. The van der Waals surface area contributed by atoms with Crippen molar-refractivity contribution in [3.63, 3.8) is 0 Å². The van der Waals surface area contributed by atoms with Crippen LogP contribution in [-0.2, 0) is 9.53 Å². The second kappa shape index (κ2) is 7.59. The van der Waals surface area contributed by atoms with Crippen molar-refractivity contribution in [3.8, 4) is 0 Å². The topological polar surface area (TPSA) is 41.6 Å². The first-order valence-electron chi connectivity index (χ1n) is 8.78. The first kappa shape index (κ1) is 16.8. The van der Waals surface area contributed by atoms with Gasteiger partial charge < -0.3 is 10.1 Å². The highest BCUT2D eigenvalue weighted by atomic mass is 16.5. The van der Waals surface area contributed by atoms with Gasteiger partial charge in [0.05, 0.1) is 6.61 Å². The molecule has 0 aliphatic heterocycles. The van der Waals surface area contributed by atoms with Gasteiger partial charge in [-0.05, 0) is 52.6 Å². The van der Waals surface area contributed by atoms with E-state index in [1.807, 2.05) is 14.0 Å². The van der Waals surface area contributed by atoms with Gasteiger partial charge in [-0.1, -0.05) is 26.2 Å². The van der Waals surface area contributed by atoms with E-state index in [0.29, 0.717) is 12.6 Å². The summed E-state index contributed by atoms with van der Waals surface area (Å²) in [6.45, 7) is 5.71. The third-order valence-electron chi connectivity index (χ3n) is 5.51. The molecule has 0 aromatic carbocycles. The quantitative estimate of drug-likeness (QED) is 0.765. The van der Waals surface area contributed by atoms with Crippen LogP contribution < -0.4 is 5.32 Å².